The first kappa shape index (κ1) is 20.6. The lowest BCUT2D eigenvalue weighted by Crippen LogP contribution is -2.50. The summed E-state index contributed by atoms with van der Waals surface area (Å²) in [4.78, 5) is 12.7. The van der Waals surface area contributed by atoms with Gasteiger partial charge in [0.05, 0.1) is 11.7 Å². The maximum Gasteiger partial charge on any atom is 0.0610 e. The number of pyridine rings is 1. The number of benzene rings is 1. The molecule has 4 aliphatic rings. The molecule has 170 valence electrons. The fourth-order valence-corrected chi connectivity index (χ4v) is 6.68. The van der Waals surface area contributed by atoms with Crippen LogP contribution in [0.15, 0.2) is 36.5 Å². The van der Waals surface area contributed by atoms with Gasteiger partial charge >= 0.3 is 0 Å². The van der Waals surface area contributed by atoms with E-state index in [9.17, 15) is 0 Å². The average molecular weight is 432 g/mol. The van der Waals surface area contributed by atoms with Crippen molar-refractivity contribution in [2.45, 2.75) is 50.7 Å². The Morgan fingerprint density at radius 3 is 2.78 bits per heavy atom. The number of piperazine rings is 1. The largest absolute Gasteiger partial charge is 0.369 e. The van der Waals surface area contributed by atoms with Crippen LogP contribution in [-0.2, 0) is 19.4 Å². The van der Waals surface area contributed by atoms with E-state index in [0.29, 0.717) is 12.1 Å². The zero-order valence-corrected chi connectivity index (χ0v) is 19.5. The highest BCUT2D eigenvalue weighted by atomic mass is 15.3. The molecule has 3 aliphatic heterocycles. The lowest BCUT2D eigenvalue weighted by atomic mass is 9.76. The maximum absolute atomic E-state index is 4.89. The van der Waals surface area contributed by atoms with E-state index in [0.717, 1.165) is 51.6 Å². The first-order valence-electron chi connectivity index (χ1n) is 12.7. The Hall–Kier alpha value is -1.95. The lowest BCUT2D eigenvalue weighted by Gasteiger charge is -2.46. The Balaban J connectivity index is 1.22. The van der Waals surface area contributed by atoms with Crippen LogP contribution in [0.1, 0.15) is 47.7 Å². The molecule has 4 heterocycles. The number of hydrogen-bond acceptors (Lipinski definition) is 5. The molecule has 32 heavy (non-hydrogen) atoms. The van der Waals surface area contributed by atoms with Gasteiger partial charge in [-0.2, -0.15) is 0 Å². The molecule has 2 aromatic rings. The molecular weight excluding hydrogens is 394 g/mol. The third kappa shape index (κ3) is 3.85. The van der Waals surface area contributed by atoms with Gasteiger partial charge in [-0.3, -0.25) is 9.88 Å². The number of fused-ring (bicyclic) bond motifs is 4. The predicted octanol–water partition coefficient (Wildman–Crippen LogP) is 3.25. The number of nitrogens with one attached hydrogen (secondary N) is 1. The van der Waals surface area contributed by atoms with Gasteiger partial charge in [0.2, 0.25) is 0 Å². The third-order valence-corrected chi connectivity index (χ3v) is 8.43. The highest BCUT2D eigenvalue weighted by molar-refractivity contribution is 5.58. The molecule has 0 unspecified atom stereocenters. The molecule has 0 amide bonds. The minimum Gasteiger partial charge on any atom is -0.369 e. The quantitative estimate of drug-likeness (QED) is 0.807. The van der Waals surface area contributed by atoms with Crippen molar-refractivity contribution in [3.05, 3.63) is 58.9 Å². The summed E-state index contributed by atoms with van der Waals surface area (Å²) < 4.78 is 0. The molecule has 3 atom stereocenters. The fraction of sp³-hybridized carbons (Fsp3) is 0.593. The van der Waals surface area contributed by atoms with Crippen LogP contribution in [0.5, 0.6) is 0 Å². The van der Waals surface area contributed by atoms with Crippen molar-refractivity contribution in [1.29, 1.82) is 0 Å². The van der Waals surface area contributed by atoms with Gasteiger partial charge in [0.1, 0.15) is 0 Å². The molecule has 1 N–H and O–H groups in total. The minimum absolute atomic E-state index is 0.518. The summed E-state index contributed by atoms with van der Waals surface area (Å²) in [5.74, 6) is 0.780. The first-order chi connectivity index (χ1) is 15.8. The maximum atomic E-state index is 4.89. The standard InChI is InChI=1S/C27H37N5/c1-30-13-15-31(16-14-30)25-8-2-5-22-18-29-23(17-24(22)25)19-32-12-4-7-21-10-9-20-6-3-11-28-26(20)27(21)32/h2-3,5-6,8,11,21,23,27,29H,4,7,9-10,12-19H2,1H3/t21-,23-,27+/m1/s1. The Morgan fingerprint density at radius 2 is 1.88 bits per heavy atom. The zero-order valence-electron chi connectivity index (χ0n) is 19.5. The normalized spacial score (nSPS) is 28.7. The van der Waals surface area contributed by atoms with E-state index >= 15 is 0 Å². The lowest BCUT2D eigenvalue weighted by molar-refractivity contribution is 0.0661. The van der Waals surface area contributed by atoms with Gasteiger partial charge in [0.25, 0.3) is 0 Å². The van der Waals surface area contributed by atoms with E-state index in [1.165, 1.54) is 54.7 Å². The van der Waals surface area contributed by atoms with E-state index in [4.69, 9.17) is 4.98 Å². The van der Waals surface area contributed by atoms with Gasteiger partial charge in [-0.25, -0.2) is 0 Å². The molecule has 1 aliphatic carbocycles. The summed E-state index contributed by atoms with van der Waals surface area (Å²) in [5.41, 5.74) is 7.44. The molecule has 2 saturated heterocycles. The highest BCUT2D eigenvalue weighted by Crippen LogP contribution is 2.43. The van der Waals surface area contributed by atoms with Crippen LogP contribution in [0.25, 0.3) is 0 Å². The Morgan fingerprint density at radius 1 is 1.00 bits per heavy atom. The van der Waals surface area contributed by atoms with Crippen LogP contribution in [-0.4, -0.2) is 67.1 Å². The smallest absolute Gasteiger partial charge is 0.0610 e. The molecule has 1 aromatic carbocycles. The van der Waals surface area contributed by atoms with Crippen LogP contribution in [0.2, 0.25) is 0 Å². The summed E-state index contributed by atoms with van der Waals surface area (Å²) in [5, 5.41) is 3.89. The number of anilines is 1. The monoisotopic (exact) mass is 431 g/mol. The van der Waals surface area contributed by atoms with E-state index in [1.807, 2.05) is 6.20 Å². The van der Waals surface area contributed by atoms with Gasteiger partial charge in [0, 0.05) is 57.2 Å². The van der Waals surface area contributed by atoms with Crippen molar-refractivity contribution < 1.29 is 0 Å². The fourth-order valence-electron chi connectivity index (χ4n) is 6.68. The second-order valence-corrected chi connectivity index (χ2v) is 10.4. The van der Waals surface area contributed by atoms with Crippen LogP contribution < -0.4 is 10.2 Å². The number of aryl methyl sites for hydroxylation is 1. The second-order valence-electron chi connectivity index (χ2n) is 10.4. The minimum atomic E-state index is 0.518. The van der Waals surface area contributed by atoms with E-state index < -0.39 is 0 Å². The zero-order chi connectivity index (χ0) is 21.5. The number of likely N-dealkylation sites (tertiary alicyclic amines) is 1. The molecule has 2 fully saturated rings. The van der Waals surface area contributed by atoms with Crippen LogP contribution in [0.4, 0.5) is 5.69 Å². The van der Waals surface area contributed by atoms with Gasteiger partial charge in [-0.15, -0.1) is 0 Å². The summed E-state index contributed by atoms with van der Waals surface area (Å²) in [7, 11) is 2.24. The van der Waals surface area contributed by atoms with Crippen molar-refractivity contribution >= 4 is 5.69 Å². The topological polar surface area (TPSA) is 34.6 Å². The van der Waals surface area contributed by atoms with Crippen molar-refractivity contribution in [3.63, 3.8) is 0 Å². The van der Waals surface area contributed by atoms with Crippen LogP contribution in [0.3, 0.4) is 0 Å². The molecule has 1 aromatic heterocycles. The average Bonchev–Trinajstić information content (AvgIpc) is 2.84. The Bertz CT molecular complexity index is 951. The molecular formula is C27H37N5. The second kappa shape index (κ2) is 8.77. The van der Waals surface area contributed by atoms with Gasteiger partial charge < -0.3 is 15.1 Å². The van der Waals surface area contributed by atoms with Gasteiger partial charge in [-0.05, 0) is 80.4 Å². The summed E-state index contributed by atoms with van der Waals surface area (Å²) in [6.45, 7) is 7.95. The van der Waals surface area contributed by atoms with Gasteiger partial charge in [0.15, 0.2) is 0 Å². The van der Waals surface area contributed by atoms with Gasteiger partial charge in [-0.1, -0.05) is 18.2 Å². The summed E-state index contributed by atoms with van der Waals surface area (Å²) in [6.07, 6.45) is 8.38. The van der Waals surface area contributed by atoms with Crippen molar-refractivity contribution in [2.75, 3.05) is 51.2 Å². The van der Waals surface area contributed by atoms with Crippen LogP contribution in [0, 0.1) is 5.92 Å². The molecule has 0 saturated carbocycles. The van der Waals surface area contributed by atoms with E-state index in [-0.39, 0.29) is 0 Å². The highest BCUT2D eigenvalue weighted by Gasteiger charge is 2.38. The first-order valence-corrected chi connectivity index (χ1v) is 12.7. The van der Waals surface area contributed by atoms with Crippen molar-refractivity contribution in [3.8, 4) is 0 Å². The van der Waals surface area contributed by atoms with E-state index in [2.05, 4.69) is 57.4 Å². The number of likely N-dealkylation sites (N-methyl/N-ethyl adjacent to an activating group) is 1. The van der Waals surface area contributed by atoms with Crippen LogP contribution >= 0.6 is 0 Å². The molecule has 5 nitrogen and oxygen atoms in total. The van der Waals surface area contributed by atoms with Crippen molar-refractivity contribution in [1.82, 2.24) is 20.1 Å². The Labute approximate surface area is 192 Å². The number of nitrogens with zero attached hydrogens (tertiary/aromatic N) is 4. The Kier molecular flexibility index (Phi) is 5.66. The number of piperidine rings is 1. The summed E-state index contributed by atoms with van der Waals surface area (Å²) in [6, 6.07) is 12.4. The summed E-state index contributed by atoms with van der Waals surface area (Å²) >= 11 is 0. The molecule has 5 heteroatoms. The molecule has 6 rings (SSSR count). The van der Waals surface area contributed by atoms with Crippen molar-refractivity contribution in [2.24, 2.45) is 5.92 Å². The predicted molar refractivity (Wildman–Crippen MR) is 130 cm³/mol. The van der Waals surface area contributed by atoms with E-state index in [1.54, 1.807) is 5.56 Å². The third-order valence-electron chi connectivity index (χ3n) is 8.43. The number of rotatable bonds is 3. The number of aromatic nitrogens is 1. The SMILES string of the molecule is CN1CCN(c2cccc3c2C[C@H](CN2CCC[C@@H]4CCc5cccnc5[C@H]42)NC3)CC1. The number of hydrogen-bond donors (Lipinski definition) is 1. The molecule has 0 bridgehead atoms. The molecule has 0 radical (unpaired) electrons. The molecule has 0 spiro atoms.